The van der Waals surface area contributed by atoms with Crippen molar-refractivity contribution in [3.63, 3.8) is 0 Å². The zero-order valence-corrected chi connectivity index (χ0v) is 14.5. The molecule has 0 radical (unpaired) electrons. The van der Waals surface area contributed by atoms with E-state index in [0.717, 1.165) is 17.8 Å². The van der Waals surface area contributed by atoms with Gasteiger partial charge in [0, 0.05) is 24.2 Å². The highest BCUT2D eigenvalue weighted by molar-refractivity contribution is 6.31. The van der Waals surface area contributed by atoms with E-state index in [9.17, 15) is 4.79 Å². The van der Waals surface area contributed by atoms with Gasteiger partial charge in [0.15, 0.2) is 0 Å². The first-order valence-corrected chi connectivity index (χ1v) is 7.81. The highest BCUT2D eigenvalue weighted by Gasteiger charge is 2.13. The molecule has 1 aromatic heterocycles. The van der Waals surface area contributed by atoms with Crippen LogP contribution < -0.4 is 5.32 Å². The Bertz CT molecular complexity index is 518. The molecule has 0 aromatic carbocycles. The van der Waals surface area contributed by atoms with E-state index in [1.54, 1.807) is 10.8 Å². The molecule has 0 aliphatic heterocycles. The van der Waals surface area contributed by atoms with Gasteiger partial charge in [-0.05, 0) is 31.8 Å². The number of nitrogens with one attached hydrogen (secondary N) is 1. The number of carbonyl (C=O) groups is 1. The summed E-state index contributed by atoms with van der Waals surface area (Å²) in [6, 6.07) is 0.141. The first-order valence-electron chi connectivity index (χ1n) is 7.43. The lowest BCUT2D eigenvalue weighted by atomic mass is 10.1. The van der Waals surface area contributed by atoms with Gasteiger partial charge in [-0.3, -0.25) is 9.48 Å². The van der Waals surface area contributed by atoms with Gasteiger partial charge in [-0.15, -0.1) is 0 Å². The molecule has 21 heavy (non-hydrogen) atoms. The molecule has 0 spiro atoms. The molecular weight excluding hydrogens is 286 g/mol. The normalized spacial score (nSPS) is 13.4. The standard InChI is InChI=1S/C16H26ClN3O/c1-10(2)9-20-16(17)14(13(6)19-20)7-8-15(21)18-12(5)11(3)4/h7-8,10-12H,9H2,1-6H3,(H,18,21)/b8-7+. The second-order valence-corrected chi connectivity index (χ2v) is 6.60. The average molecular weight is 312 g/mol. The van der Waals surface area contributed by atoms with Crippen LogP contribution in [0.5, 0.6) is 0 Å². The van der Waals surface area contributed by atoms with E-state index >= 15 is 0 Å². The maximum Gasteiger partial charge on any atom is 0.244 e. The summed E-state index contributed by atoms with van der Waals surface area (Å²) in [5, 5.41) is 7.94. The molecule has 1 N–H and O–H groups in total. The number of hydrogen-bond acceptors (Lipinski definition) is 2. The summed E-state index contributed by atoms with van der Waals surface area (Å²) in [7, 11) is 0. The molecule has 0 aliphatic carbocycles. The lowest BCUT2D eigenvalue weighted by molar-refractivity contribution is -0.117. The summed E-state index contributed by atoms with van der Waals surface area (Å²) in [4.78, 5) is 11.9. The first-order chi connectivity index (χ1) is 9.72. The monoisotopic (exact) mass is 311 g/mol. The Hall–Kier alpha value is -1.29. The van der Waals surface area contributed by atoms with E-state index in [4.69, 9.17) is 11.6 Å². The van der Waals surface area contributed by atoms with Crippen molar-refractivity contribution in [1.82, 2.24) is 15.1 Å². The predicted molar refractivity (Wildman–Crippen MR) is 88.3 cm³/mol. The Morgan fingerprint density at radius 1 is 1.33 bits per heavy atom. The summed E-state index contributed by atoms with van der Waals surface area (Å²) < 4.78 is 1.79. The molecule has 1 unspecified atom stereocenters. The molecule has 4 nitrogen and oxygen atoms in total. The largest absolute Gasteiger partial charge is 0.350 e. The highest BCUT2D eigenvalue weighted by Crippen LogP contribution is 2.22. The van der Waals surface area contributed by atoms with Crippen molar-refractivity contribution in [2.24, 2.45) is 11.8 Å². The number of amides is 1. The number of halogens is 1. The third-order valence-corrected chi connectivity index (χ3v) is 3.82. The topological polar surface area (TPSA) is 46.9 Å². The number of rotatable bonds is 6. The van der Waals surface area contributed by atoms with Crippen molar-refractivity contribution in [1.29, 1.82) is 0 Å². The predicted octanol–water partition coefficient (Wildman–Crippen LogP) is 3.67. The van der Waals surface area contributed by atoms with Crippen molar-refractivity contribution in [2.45, 2.75) is 54.1 Å². The van der Waals surface area contributed by atoms with Crippen LogP contribution in [0.25, 0.3) is 6.08 Å². The minimum absolute atomic E-state index is 0.108. The Kier molecular flexibility index (Phi) is 6.46. The Morgan fingerprint density at radius 2 is 1.95 bits per heavy atom. The summed E-state index contributed by atoms with van der Waals surface area (Å²) in [6.07, 6.45) is 3.26. The molecule has 0 bridgehead atoms. The summed E-state index contributed by atoms with van der Waals surface area (Å²) in [6.45, 7) is 13.0. The zero-order chi connectivity index (χ0) is 16.2. The van der Waals surface area contributed by atoms with E-state index < -0.39 is 0 Å². The van der Waals surface area contributed by atoms with Crippen LogP contribution in [0, 0.1) is 18.8 Å². The molecule has 1 aromatic rings. The lowest BCUT2D eigenvalue weighted by Crippen LogP contribution is -2.34. The zero-order valence-electron chi connectivity index (χ0n) is 13.8. The summed E-state index contributed by atoms with van der Waals surface area (Å²) in [5.74, 6) is 0.763. The van der Waals surface area contributed by atoms with Gasteiger partial charge in [-0.2, -0.15) is 5.10 Å². The minimum Gasteiger partial charge on any atom is -0.350 e. The average Bonchev–Trinajstić information content (AvgIpc) is 2.61. The number of hydrogen-bond donors (Lipinski definition) is 1. The van der Waals surface area contributed by atoms with Crippen LogP contribution in [0.15, 0.2) is 6.08 Å². The lowest BCUT2D eigenvalue weighted by Gasteiger charge is -2.15. The van der Waals surface area contributed by atoms with Gasteiger partial charge in [0.25, 0.3) is 0 Å². The molecule has 1 rings (SSSR count). The Morgan fingerprint density at radius 3 is 2.48 bits per heavy atom. The molecular formula is C16H26ClN3O. The van der Waals surface area contributed by atoms with Gasteiger partial charge >= 0.3 is 0 Å². The molecule has 118 valence electrons. The van der Waals surface area contributed by atoms with Gasteiger partial charge in [0.05, 0.1) is 5.69 Å². The van der Waals surface area contributed by atoms with Crippen molar-refractivity contribution >= 4 is 23.6 Å². The minimum atomic E-state index is -0.108. The van der Waals surface area contributed by atoms with E-state index in [1.165, 1.54) is 6.08 Å². The summed E-state index contributed by atoms with van der Waals surface area (Å²) >= 11 is 6.33. The molecule has 1 heterocycles. The van der Waals surface area contributed by atoms with Gasteiger partial charge in [0.1, 0.15) is 5.15 Å². The fourth-order valence-corrected chi connectivity index (χ4v) is 2.13. The van der Waals surface area contributed by atoms with Crippen LogP contribution in [0.4, 0.5) is 0 Å². The smallest absolute Gasteiger partial charge is 0.244 e. The van der Waals surface area contributed by atoms with Crippen LogP contribution in [0.1, 0.15) is 45.9 Å². The van der Waals surface area contributed by atoms with Crippen LogP contribution in [0.3, 0.4) is 0 Å². The molecule has 0 fully saturated rings. The van der Waals surface area contributed by atoms with Crippen LogP contribution in [-0.2, 0) is 11.3 Å². The van der Waals surface area contributed by atoms with Crippen LogP contribution >= 0.6 is 11.6 Å². The second kappa shape index (κ2) is 7.64. The van der Waals surface area contributed by atoms with Gasteiger partial charge in [0.2, 0.25) is 5.91 Å². The molecule has 0 saturated heterocycles. The van der Waals surface area contributed by atoms with Crippen LogP contribution in [-0.4, -0.2) is 21.7 Å². The maximum atomic E-state index is 11.9. The van der Waals surface area contributed by atoms with Crippen LogP contribution in [0.2, 0.25) is 5.15 Å². The fraction of sp³-hybridized carbons (Fsp3) is 0.625. The Labute approximate surface area is 132 Å². The van der Waals surface area contributed by atoms with E-state index in [2.05, 4.69) is 38.1 Å². The molecule has 1 amide bonds. The SMILES string of the molecule is Cc1nn(CC(C)C)c(Cl)c1/C=C/C(=O)NC(C)C(C)C. The first kappa shape index (κ1) is 17.8. The van der Waals surface area contributed by atoms with Crippen molar-refractivity contribution in [3.8, 4) is 0 Å². The third-order valence-electron chi connectivity index (χ3n) is 3.42. The van der Waals surface area contributed by atoms with Crippen molar-refractivity contribution in [2.75, 3.05) is 0 Å². The fourth-order valence-electron chi connectivity index (χ4n) is 1.82. The molecule has 0 saturated carbocycles. The van der Waals surface area contributed by atoms with Crippen molar-refractivity contribution < 1.29 is 4.79 Å². The second-order valence-electron chi connectivity index (χ2n) is 6.24. The summed E-state index contributed by atoms with van der Waals surface area (Å²) in [5.41, 5.74) is 1.64. The Balaban J connectivity index is 2.81. The molecule has 1 atom stereocenters. The number of nitrogens with zero attached hydrogens (tertiary/aromatic N) is 2. The van der Waals surface area contributed by atoms with Gasteiger partial charge < -0.3 is 5.32 Å². The number of aryl methyl sites for hydroxylation is 1. The quantitative estimate of drug-likeness (QED) is 0.815. The van der Waals surface area contributed by atoms with Gasteiger partial charge in [-0.1, -0.05) is 39.3 Å². The van der Waals surface area contributed by atoms with E-state index in [1.807, 2.05) is 13.8 Å². The van der Waals surface area contributed by atoms with Gasteiger partial charge in [-0.25, -0.2) is 0 Å². The number of carbonyl (C=O) groups excluding carboxylic acids is 1. The third kappa shape index (κ3) is 5.20. The molecule has 5 heteroatoms. The van der Waals surface area contributed by atoms with E-state index in [-0.39, 0.29) is 11.9 Å². The number of aromatic nitrogens is 2. The van der Waals surface area contributed by atoms with Crippen molar-refractivity contribution in [3.05, 3.63) is 22.5 Å². The van der Waals surface area contributed by atoms with E-state index in [0.29, 0.717) is 17.0 Å². The molecule has 0 aliphatic rings. The maximum absolute atomic E-state index is 11.9. The highest BCUT2D eigenvalue weighted by atomic mass is 35.5.